The molecule has 2 unspecified atom stereocenters. The lowest BCUT2D eigenvalue weighted by atomic mass is 9.66. The number of halogens is 2. The van der Waals surface area contributed by atoms with Gasteiger partial charge >= 0.3 is 12.6 Å². The Labute approximate surface area is 157 Å². The number of carbonyl (C=O) groups excluding carboxylic acids is 1. The van der Waals surface area contributed by atoms with E-state index in [1.54, 1.807) is 12.1 Å². The van der Waals surface area contributed by atoms with Crippen molar-refractivity contribution in [2.75, 3.05) is 13.7 Å². The average molecular weight is 379 g/mol. The van der Waals surface area contributed by atoms with E-state index in [9.17, 15) is 18.8 Å². The summed E-state index contributed by atoms with van der Waals surface area (Å²) in [6, 6.07) is 7.01. The van der Waals surface area contributed by atoms with Gasteiger partial charge in [-0.05, 0) is 55.7 Å². The van der Waals surface area contributed by atoms with Gasteiger partial charge in [0.15, 0.2) is 11.5 Å². The summed E-state index contributed by atoms with van der Waals surface area (Å²) in [5.41, 5.74) is -0.218. The predicted octanol–water partition coefficient (Wildman–Crippen LogP) is 4.20. The second-order valence-electron chi connectivity index (χ2n) is 7.30. The fourth-order valence-electron chi connectivity index (χ4n) is 3.68. The van der Waals surface area contributed by atoms with Gasteiger partial charge in [-0.2, -0.15) is 14.0 Å². The zero-order valence-electron chi connectivity index (χ0n) is 15.2. The maximum Gasteiger partial charge on any atom is 0.387 e. The summed E-state index contributed by atoms with van der Waals surface area (Å²) in [4.78, 5) is 12.0. The van der Waals surface area contributed by atoms with Crippen molar-refractivity contribution in [2.45, 2.75) is 50.6 Å². The molecular formula is C20H23F2NO4. The van der Waals surface area contributed by atoms with Crippen LogP contribution < -0.4 is 9.47 Å². The van der Waals surface area contributed by atoms with Crippen molar-refractivity contribution < 1.29 is 27.8 Å². The molecule has 0 bridgehead atoms. The third kappa shape index (κ3) is 4.49. The first kappa shape index (κ1) is 19.4. The third-order valence-electron chi connectivity index (χ3n) is 5.38. The average Bonchev–Trinajstić information content (AvgIpc) is 3.50. The highest BCUT2D eigenvalue weighted by Crippen LogP contribution is 2.45. The lowest BCUT2D eigenvalue weighted by Crippen LogP contribution is -2.35. The van der Waals surface area contributed by atoms with E-state index in [4.69, 9.17) is 9.47 Å². The normalized spacial score (nSPS) is 24.9. The maximum absolute atomic E-state index is 12.7. The molecular weight excluding hydrogens is 356 g/mol. The van der Waals surface area contributed by atoms with Crippen LogP contribution in [-0.2, 0) is 14.9 Å². The standard InChI is InChI=1S/C20H23F2NO4/c1-25-18(24)14-3-2-8-20(10-14,12-23)15-6-7-16(27-19(21)22)17(9-15)26-11-13-4-5-13/h6-7,9,13-14,19H,2-5,8,10-11H2,1H3. The van der Waals surface area contributed by atoms with Gasteiger partial charge in [-0.3, -0.25) is 4.79 Å². The Balaban J connectivity index is 1.89. The van der Waals surface area contributed by atoms with E-state index in [1.807, 2.05) is 0 Å². The number of hydrogen-bond acceptors (Lipinski definition) is 5. The number of alkyl halides is 2. The van der Waals surface area contributed by atoms with Crippen LogP contribution >= 0.6 is 0 Å². The lowest BCUT2D eigenvalue weighted by molar-refractivity contribution is -0.147. The monoisotopic (exact) mass is 379 g/mol. The SMILES string of the molecule is COC(=O)C1CCCC(C#N)(c2ccc(OC(F)F)c(OCC3CC3)c2)C1. The predicted molar refractivity (Wildman–Crippen MR) is 92.6 cm³/mol. The van der Waals surface area contributed by atoms with E-state index in [-0.39, 0.29) is 23.4 Å². The fraction of sp³-hybridized carbons (Fsp3) is 0.600. The highest BCUT2D eigenvalue weighted by molar-refractivity contribution is 5.73. The number of ether oxygens (including phenoxy) is 3. The van der Waals surface area contributed by atoms with Gasteiger partial charge in [0.25, 0.3) is 0 Å². The van der Waals surface area contributed by atoms with Crippen LogP contribution in [0, 0.1) is 23.2 Å². The second-order valence-corrected chi connectivity index (χ2v) is 7.30. The lowest BCUT2D eigenvalue weighted by Gasteiger charge is -2.35. The topological polar surface area (TPSA) is 68.6 Å². The summed E-state index contributed by atoms with van der Waals surface area (Å²) in [6.07, 6.45) is 4.44. The Hall–Kier alpha value is -2.36. The van der Waals surface area contributed by atoms with E-state index in [1.165, 1.54) is 13.2 Å². The number of nitrogens with zero attached hydrogens (tertiary/aromatic N) is 1. The van der Waals surface area contributed by atoms with Gasteiger partial charge in [-0.15, -0.1) is 0 Å². The molecule has 0 saturated heterocycles. The van der Waals surface area contributed by atoms with E-state index in [0.29, 0.717) is 43.8 Å². The first-order valence-electron chi connectivity index (χ1n) is 9.18. The van der Waals surface area contributed by atoms with Crippen LogP contribution in [0.25, 0.3) is 0 Å². The Bertz CT molecular complexity index is 729. The molecule has 0 radical (unpaired) electrons. The van der Waals surface area contributed by atoms with Crippen molar-refractivity contribution in [3.05, 3.63) is 23.8 Å². The number of methoxy groups -OCH3 is 1. The van der Waals surface area contributed by atoms with Crippen LogP contribution in [0.15, 0.2) is 18.2 Å². The summed E-state index contributed by atoms with van der Waals surface area (Å²) < 4.78 is 40.5. The van der Waals surface area contributed by atoms with Gasteiger partial charge < -0.3 is 14.2 Å². The number of benzene rings is 1. The van der Waals surface area contributed by atoms with Gasteiger partial charge in [-0.25, -0.2) is 0 Å². The maximum atomic E-state index is 12.7. The molecule has 0 amide bonds. The molecule has 7 heteroatoms. The van der Waals surface area contributed by atoms with E-state index in [0.717, 1.165) is 12.8 Å². The van der Waals surface area contributed by atoms with Gasteiger partial charge in [0.1, 0.15) is 0 Å². The molecule has 0 aliphatic heterocycles. The van der Waals surface area contributed by atoms with Crippen LogP contribution in [0.5, 0.6) is 11.5 Å². The Kier molecular flexibility index (Phi) is 5.83. The minimum atomic E-state index is -2.96. The van der Waals surface area contributed by atoms with Crippen molar-refractivity contribution >= 4 is 5.97 Å². The minimum absolute atomic E-state index is 0.0391. The molecule has 2 saturated carbocycles. The Morgan fingerprint density at radius 2 is 2.11 bits per heavy atom. The smallest absolute Gasteiger partial charge is 0.387 e. The van der Waals surface area contributed by atoms with Crippen molar-refractivity contribution in [1.82, 2.24) is 0 Å². The van der Waals surface area contributed by atoms with E-state index < -0.39 is 12.0 Å². The minimum Gasteiger partial charge on any atom is -0.489 e. The summed E-state index contributed by atoms with van der Waals surface area (Å²) in [7, 11) is 1.34. The van der Waals surface area contributed by atoms with Gasteiger partial charge in [0.05, 0.1) is 31.1 Å². The molecule has 0 heterocycles. The zero-order valence-corrected chi connectivity index (χ0v) is 15.2. The zero-order chi connectivity index (χ0) is 19.4. The van der Waals surface area contributed by atoms with E-state index in [2.05, 4.69) is 10.8 Å². The Morgan fingerprint density at radius 1 is 1.33 bits per heavy atom. The summed E-state index contributed by atoms with van der Waals surface area (Å²) >= 11 is 0. The highest BCUT2D eigenvalue weighted by Gasteiger charge is 2.41. The summed E-state index contributed by atoms with van der Waals surface area (Å²) in [6.45, 7) is -2.52. The van der Waals surface area contributed by atoms with Crippen LogP contribution in [0.3, 0.4) is 0 Å². The number of hydrogen-bond donors (Lipinski definition) is 0. The summed E-state index contributed by atoms with van der Waals surface area (Å²) in [5.74, 6) is -0.0536. The molecule has 3 rings (SSSR count). The first-order chi connectivity index (χ1) is 13.0. The number of rotatable bonds is 7. The van der Waals surface area contributed by atoms with Gasteiger partial charge in [0, 0.05) is 0 Å². The molecule has 2 fully saturated rings. The molecule has 2 aliphatic carbocycles. The quantitative estimate of drug-likeness (QED) is 0.664. The van der Waals surface area contributed by atoms with E-state index >= 15 is 0 Å². The van der Waals surface area contributed by atoms with Crippen LogP contribution in [0.4, 0.5) is 8.78 Å². The molecule has 0 aromatic heterocycles. The first-order valence-corrected chi connectivity index (χ1v) is 9.18. The summed E-state index contributed by atoms with van der Waals surface area (Å²) in [5, 5.41) is 9.91. The van der Waals surface area contributed by atoms with Gasteiger partial charge in [-0.1, -0.05) is 12.5 Å². The number of esters is 1. The molecule has 0 spiro atoms. The molecule has 1 aromatic carbocycles. The molecule has 0 N–H and O–H groups in total. The molecule has 2 atom stereocenters. The Morgan fingerprint density at radius 3 is 2.74 bits per heavy atom. The largest absolute Gasteiger partial charge is 0.489 e. The number of nitriles is 1. The van der Waals surface area contributed by atoms with Crippen molar-refractivity contribution in [3.8, 4) is 17.6 Å². The van der Waals surface area contributed by atoms with Crippen molar-refractivity contribution in [2.24, 2.45) is 11.8 Å². The molecule has 1 aromatic rings. The van der Waals surface area contributed by atoms with Crippen molar-refractivity contribution in [3.63, 3.8) is 0 Å². The number of carbonyl (C=O) groups is 1. The molecule has 5 nitrogen and oxygen atoms in total. The molecule has 27 heavy (non-hydrogen) atoms. The highest BCUT2D eigenvalue weighted by atomic mass is 19.3. The van der Waals surface area contributed by atoms with Crippen LogP contribution in [-0.4, -0.2) is 26.3 Å². The molecule has 2 aliphatic rings. The van der Waals surface area contributed by atoms with Crippen molar-refractivity contribution in [1.29, 1.82) is 5.26 Å². The van der Waals surface area contributed by atoms with Crippen LogP contribution in [0.2, 0.25) is 0 Å². The molecule has 146 valence electrons. The van der Waals surface area contributed by atoms with Crippen LogP contribution in [0.1, 0.15) is 44.1 Å². The third-order valence-corrected chi connectivity index (χ3v) is 5.38. The fourth-order valence-corrected chi connectivity index (χ4v) is 3.68. The van der Waals surface area contributed by atoms with Gasteiger partial charge in [0.2, 0.25) is 0 Å². The second kappa shape index (κ2) is 8.12.